The molecule has 0 bridgehead atoms. The van der Waals surface area contributed by atoms with Gasteiger partial charge in [-0.25, -0.2) is 13.6 Å². The van der Waals surface area contributed by atoms with E-state index in [0.29, 0.717) is 22.9 Å². The van der Waals surface area contributed by atoms with Gasteiger partial charge in [-0.15, -0.1) is 0 Å². The van der Waals surface area contributed by atoms with Gasteiger partial charge in [-0.2, -0.15) is 0 Å². The first-order chi connectivity index (χ1) is 8.61. The molecule has 0 aliphatic rings. The number of nitrogens with two attached hydrogens (primary N) is 2. The van der Waals surface area contributed by atoms with Crippen molar-refractivity contribution < 1.29 is 13.2 Å². The van der Waals surface area contributed by atoms with Crippen molar-refractivity contribution in [2.45, 2.75) is 45.1 Å². The number of hydrogen-bond donors (Lipinski definition) is 2. The normalized spacial score (nSPS) is 13.6. The predicted molar refractivity (Wildman–Crippen MR) is 76.5 cm³/mol. The van der Waals surface area contributed by atoms with Gasteiger partial charge in [-0.05, 0) is 32.3 Å². The van der Waals surface area contributed by atoms with Crippen LogP contribution in [0.4, 0.5) is 5.69 Å². The van der Waals surface area contributed by atoms with Crippen molar-refractivity contribution in [3.05, 3.63) is 17.7 Å². The van der Waals surface area contributed by atoms with Crippen LogP contribution in [-0.4, -0.2) is 14.5 Å². The van der Waals surface area contributed by atoms with Gasteiger partial charge < -0.3 is 10.5 Å². The predicted octanol–water partition coefficient (Wildman–Crippen LogP) is 2.04. The molecule has 1 atom stereocenters. The molecule has 0 aliphatic carbocycles. The molecule has 0 fully saturated rings. The van der Waals surface area contributed by atoms with E-state index in [2.05, 4.69) is 13.8 Å². The minimum Gasteiger partial charge on any atom is -0.490 e. The zero-order valence-corrected chi connectivity index (χ0v) is 12.6. The first-order valence-electron chi connectivity index (χ1n) is 6.20. The van der Waals surface area contributed by atoms with E-state index < -0.39 is 10.0 Å². The number of rotatable bonds is 5. The van der Waals surface area contributed by atoms with Gasteiger partial charge in [0.15, 0.2) is 0 Å². The average molecular weight is 286 g/mol. The number of benzene rings is 1. The molecule has 1 rings (SSSR count). The lowest BCUT2D eigenvalue weighted by atomic mass is 10.1. The number of primary sulfonamides is 1. The monoisotopic (exact) mass is 286 g/mol. The fourth-order valence-electron chi connectivity index (χ4n) is 2.03. The minimum absolute atomic E-state index is 0.0132. The first-order valence-corrected chi connectivity index (χ1v) is 7.75. The summed E-state index contributed by atoms with van der Waals surface area (Å²) in [6.45, 7) is 7.81. The van der Waals surface area contributed by atoms with Crippen molar-refractivity contribution >= 4 is 15.7 Å². The summed E-state index contributed by atoms with van der Waals surface area (Å²) >= 11 is 0. The molecular formula is C13H22N2O3S. The Bertz CT molecular complexity index is 553. The van der Waals surface area contributed by atoms with Crippen LogP contribution in [0.1, 0.15) is 32.8 Å². The largest absolute Gasteiger partial charge is 0.490 e. The third-order valence-electron chi connectivity index (χ3n) is 2.77. The molecule has 5 nitrogen and oxygen atoms in total. The Balaban J connectivity index is 3.12. The Morgan fingerprint density at radius 2 is 1.84 bits per heavy atom. The average Bonchev–Trinajstić information content (AvgIpc) is 2.19. The van der Waals surface area contributed by atoms with Crippen LogP contribution in [-0.2, 0) is 10.0 Å². The van der Waals surface area contributed by atoms with E-state index in [0.717, 1.165) is 6.42 Å². The second-order valence-corrected chi connectivity index (χ2v) is 6.78. The Kier molecular flexibility index (Phi) is 4.81. The summed E-state index contributed by atoms with van der Waals surface area (Å²) in [5.41, 5.74) is 6.52. The van der Waals surface area contributed by atoms with Gasteiger partial charge >= 0.3 is 0 Å². The molecular weight excluding hydrogens is 264 g/mol. The van der Waals surface area contributed by atoms with E-state index in [4.69, 9.17) is 15.6 Å². The SMILES string of the molecule is Cc1c(OC(C)CC(C)C)cc(N)cc1S(N)(=O)=O. The van der Waals surface area contributed by atoms with Gasteiger partial charge in [-0.3, -0.25) is 0 Å². The Morgan fingerprint density at radius 1 is 1.26 bits per heavy atom. The highest BCUT2D eigenvalue weighted by molar-refractivity contribution is 7.89. The first kappa shape index (κ1) is 15.8. The second kappa shape index (κ2) is 5.79. The fourth-order valence-corrected chi connectivity index (χ4v) is 2.86. The van der Waals surface area contributed by atoms with Crippen molar-refractivity contribution in [1.29, 1.82) is 0 Å². The van der Waals surface area contributed by atoms with Gasteiger partial charge in [0.25, 0.3) is 0 Å². The zero-order chi connectivity index (χ0) is 14.8. The van der Waals surface area contributed by atoms with Crippen LogP contribution in [0.2, 0.25) is 0 Å². The quantitative estimate of drug-likeness (QED) is 0.810. The smallest absolute Gasteiger partial charge is 0.238 e. The molecule has 0 saturated carbocycles. The van der Waals surface area contributed by atoms with Crippen LogP contribution in [0.15, 0.2) is 17.0 Å². The highest BCUT2D eigenvalue weighted by atomic mass is 32.2. The number of ether oxygens (including phenoxy) is 1. The topological polar surface area (TPSA) is 95.4 Å². The summed E-state index contributed by atoms with van der Waals surface area (Å²) in [4.78, 5) is 0.0132. The molecule has 19 heavy (non-hydrogen) atoms. The van der Waals surface area contributed by atoms with E-state index in [9.17, 15) is 8.42 Å². The molecule has 0 heterocycles. The van der Waals surface area contributed by atoms with Crippen molar-refractivity contribution in [3.8, 4) is 5.75 Å². The number of nitrogen functional groups attached to an aromatic ring is 1. The molecule has 6 heteroatoms. The molecule has 1 aromatic rings. The molecule has 4 N–H and O–H groups in total. The maximum Gasteiger partial charge on any atom is 0.238 e. The highest BCUT2D eigenvalue weighted by Gasteiger charge is 2.18. The number of hydrogen-bond acceptors (Lipinski definition) is 4. The minimum atomic E-state index is -3.80. The van der Waals surface area contributed by atoms with Crippen molar-refractivity contribution in [1.82, 2.24) is 0 Å². The second-order valence-electron chi connectivity index (χ2n) is 5.25. The number of sulfonamides is 1. The van der Waals surface area contributed by atoms with Crippen molar-refractivity contribution in [2.75, 3.05) is 5.73 Å². The van der Waals surface area contributed by atoms with E-state index >= 15 is 0 Å². The summed E-state index contributed by atoms with van der Waals surface area (Å²) in [6, 6.07) is 2.98. The summed E-state index contributed by atoms with van der Waals surface area (Å²) in [5.74, 6) is 0.964. The van der Waals surface area contributed by atoms with Crippen LogP contribution >= 0.6 is 0 Å². The van der Waals surface area contributed by atoms with Crippen LogP contribution in [0.3, 0.4) is 0 Å². The molecule has 0 spiro atoms. The highest BCUT2D eigenvalue weighted by Crippen LogP contribution is 2.29. The van der Waals surface area contributed by atoms with Gasteiger partial charge in [0.1, 0.15) is 5.75 Å². The van der Waals surface area contributed by atoms with Crippen LogP contribution in [0.25, 0.3) is 0 Å². The molecule has 1 unspecified atom stereocenters. The molecule has 0 radical (unpaired) electrons. The lowest BCUT2D eigenvalue weighted by Gasteiger charge is -2.19. The van der Waals surface area contributed by atoms with Gasteiger partial charge in [0.05, 0.1) is 11.0 Å². The zero-order valence-electron chi connectivity index (χ0n) is 11.8. The molecule has 0 aliphatic heterocycles. The van der Waals surface area contributed by atoms with Crippen LogP contribution < -0.4 is 15.6 Å². The summed E-state index contributed by atoms with van der Waals surface area (Å²) in [5, 5.41) is 5.17. The molecule has 1 aromatic carbocycles. The van der Waals surface area contributed by atoms with Gasteiger partial charge in [-0.1, -0.05) is 13.8 Å². The Hall–Kier alpha value is -1.27. The Labute approximate surface area is 115 Å². The summed E-state index contributed by atoms with van der Waals surface area (Å²) in [7, 11) is -3.80. The van der Waals surface area contributed by atoms with Crippen LogP contribution in [0, 0.1) is 12.8 Å². The lowest BCUT2D eigenvalue weighted by Crippen LogP contribution is -2.18. The third-order valence-corrected chi connectivity index (χ3v) is 3.81. The fraction of sp³-hybridized carbons (Fsp3) is 0.538. The summed E-state index contributed by atoms with van der Waals surface area (Å²) < 4.78 is 28.7. The maximum absolute atomic E-state index is 11.5. The van der Waals surface area contributed by atoms with E-state index in [1.807, 2.05) is 6.92 Å². The van der Waals surface area contributed by atoms with Crippen molar-refractivity contribution in [3.63, 3.8) is 0 Å². The maximum atomic E-state index is 11.5. The van der Waals surface area contributed by atoms with E-state index in [-0.39, 0.29) is 11.0 Å². The van der Waals surface area contributed by atoms with Gasteiger partial charge in [0, 0.05) is 17.3 Å². The molecule has 0 amide bonds. The number of anilines is 1. The van der Waals surface area contributed by atoms with E-state index in [1.54, 1.807) is 13.0 Å². The molecule has 0 aromatic heterocycles. The standard InChI is InChI=1S/C13H22N2O3S/c1-8(2)5-9(3)18-12-6-11(14)7-13(10(12)4)19(15,16)17/h6-9H,5,14H2,1-4H3,(H2,15,16,17). The van der Waals surface area contributed by atoms with Crippen molar-refractivity contribution in [2.24, 2.45) is 11.1 Å². The summed E-state index contributed by atoms with van der Waals surface area (Å²) in [6.07, 6.45) is 0.854. The van der Waals surface area contributed by atoms with E-state index in [1.165, 1.54) is 6.07 Å². The lowest BCUT2D eigenvalue weighted by molar-refractivity contribution is 0.191. The Morgan fingerprint density at radius 3 is 2.32 bits per heavy atom. The van der Waals surface area contributed by atoms with Crippen LogP contribution in [0.5, 0.6) is 5.75 Å². The third kappa shape index (κ3) is 4.40. The molecule has 0 saturated heterocycles. The van der Waals surface area contributed by atoms with Gasteiger partial charge in [0.2, 0.25) is 10.0 Å². The molecule has 108 valence electrons.